The largest absolute Gasteiger partial charge is 0.503 e. The number of para-hydroxylation sites is 1. The Morgan fingerprint density at radius 2 is 1.55 bits per heavy atom. The van der Waals surface area contributed by atoms with Gasteiger partial charge in [-0.3, -0.25) is 14.5 Å². The molecule has 0 bridgehead atoms. The summed E-state index contributed by atoms with van der Waals surface area (Å²) < 4.78 is 5.86. The first-order valence-electron chi connectivity index (χ1n) is 10.9. The zero-order valence-corrected chi connectivity index (χ0v) is 19.2. The lowest BCUT2D eigenvalue weighted by atomic mass is 9.82. The van der Waals surface area contributed by atoms with Crippen LogP contribution in [0.3, 0.4) is 0 Å². The van der Waals surface area contributed by atoms with Gasteiger partial charge in [-0.25, -0.2) is 0 Å². The minimum absolute atomic E-state index is 0.128. The molecule has 0 aliphatic carbocycles. The average molecular weight is 442 g/mol. The quantitative estimate of drug-likeness (QED) is 0.504. The Balaban J connectivity index is 1.75. The number of rotatable bonds is 5. The number of nitrogens with zero attached hydrogens (tertiary/aromatic N) is 1. The Morgan fingerprint density at radius 3 is 2.15 bits per heavy atom. The van der Waals surface area contributed by atoms with Crippen molar-refractivity contribution >= 4 is 17.4 Å². The number of carbonyl (C=O) groups excluding carboxylic acids is 2. The van der Waals surface area contributed by atoms with Crippen LogP contribution in [0.2, 0.25) is 0 Å². The van der Waals surface area contributed by atoms with Gasteiger partial charge in [0.25, 0.3) is 5.91 Å². The van der Waals surface area contributed by atoms with Crippen molar-refractivity contribution < 1.29 is 19.4 Å². The van der Waals surface area contributed by atoms with Crippen molar-refractivity contribution in [1.82, 2.24) is 0 Å². The van der Waals surface area contributed by atoms with E-state index in [-0.39, 0.29) is 11.4 Å². The number of ketones is 1. The average Bonchev–Trinajstić information content (AvgIpc) is 3.04. The van der Waals surface area contributed by atoms with Gasteiger partial charge in [0.2, 0.25) is 0 Å². The van der Waals surface area contributed by atoms with Gasteiger partial charge in [-0.1, -0.05) is 68.8 Å². The Kier molecular flexibility index (Phi) is 5.81. The van der Waals surface area contributed by atoms with Gasteiger partial charge in [0.15, 0.2) is 11.5 Å². The van der Waals surface area contributed by atoms with E-state index < -0.39 is 23.1 Å². The van der Waals surface area contributed by atoms with Gasteiger partial charge < -0.3 is 9.84 Å². The molecule has 3 aromatic rings. The van der Waals surface area contributed by atoms with E-state index in [4.69, 9.17) is 4.74 Å². The van der Waals surface area contributed by atoms with Crippen molar-refractivity contribution in [2.45, 2.75) is 33.7 Å². The van der Waals surface area contributed by atoms with Gasteiger partial charge in [-0.15, -0.1) is 0 Å². The van der Waals surface area contributed by atoms with E-state index in [1.54, 1.807) is 45.0 Å². The van der Waals surface area contributed by atoms with E-state index in [1.165, 1.54) is 4.90 Å². The summed E-state index contributed by atoms with van der Waals surface area (Å²) in [5.74, 6) is -0.0207. The number of hydrogen-bond acceptors (Lipinski definition) is 4. The summed E-state index contributed by atoms with van der Waals surface area (Å²) in [5.41, 5.74) is 1.71. The Morgan fingerprint density at radius 1 is 0.909 bits per heavy atom. The van der Waals surface area contributed by atoms with Gasteiger partial charge in [-0.05, 0) is 48.9 Å². The summed E-state index contributed by atoms with van der Waals surface area (Å²) in [6.45, 7) is 7.30. The third-order valence-corrected chi connectivity index (χ3v) is 5.59. The molecule has 0 aromatic heterocycles. The second kappa shape index (κ2) is 8.58. The molecule has 1 N–H and O–H groups in total. The lowest BCUT2D eigenvalue weighted by Crippen LogP contribution is -2.32. The highest BCUT2D eigenvalue weighted by Gasteiger charge is 2.46. The highest BCUT2D eigenvalue weighted by atomic mass is 16.5. The number of benzene rings is 3. The molecule has 4 rings (SSSR count). The number of hydrogen-bond donors (Lipinski definition) is 1. The third kappa shape index (κ3) is 4.40. The number of aliphatic hydroxyl groups is 1. The fourth-order valence-corrected chi connectivity index (χ4v) is 3.96. The van der Waals surface area contributed by atoms with E-state index in [1.807, 2.05) is 61.5 Å². The zero-order valence-electron chi connectivity index (χ0n) is 19.2. The van der Waals surface area contributed by atoms with Gasteiger partial charge in [0.05, 0.1) is 11.6 Å². The molecule has 0 spiro atoms. The SMILES string of the molecule is Cc1cccc(C2C(C(=O)C(C)(C)C)=C(O)C(=O)N2c2ccc(Oc3ccccc3)cc2)c1. The number of Topliss-reactive ketones (excluding diaryl/α,β-unsaturated/α-hetero) is 1. The number of anilines is 1. The molecule has 0 saturated carbocycles. The van der Waals surface area contributed by atoms with Crippen LogP contribution in [-0.4, -0.2) is 16.8 Å². The maximum Gasteiger partial charge on any atom is 0.294 e. The molecule has 33 heavy (non-hydrogen) atoms. The Bertz CT molecular complexity index is 1220. The second-order valence-corrected chi connectivity index (χ2v) is 9.24. The number of amides is 1. The molecule has 1 unspecified atom stereocenters. The fraction of sp³-hybridized carbons (Fsp3) is 0.214. The number of aryl methyl sites for hydroxylation is 1. The third-order valence-electron chi connectivity index (χ3n) is 5.59. The minimum Gasteiger partial charge on any atom is -0.503 e. The molecular formula is C28H27NO4. The molecule has 1 aliphatic heterocycles. The van der Waals surface area contributed by atoms with Crippen LogP contribution in [0.5, 0.6) is 11.5 Å². The molecule has 168 valence electrons. The predicted octanol–water partition coefficient (Wildman–Crippen LogP) is 6.30. The summed E-state index contributed by atoms with van der Waals surface area (Å²) in [6, 6.07) is 23.4. The highest BCUT2D eigenvalue weighted by molar-refractivity contribution is 6.17. The second-order valence-electron chi connectivity index (χ2n) is 9.24. The summed E-state index contributed by atoms with van der Waals surface area (Å²) >= 11 is 0. The first-order chi connectivity index (χ1) is 15.7. The van der Waals surface area contributed by atoms with Crippen LogP contribution >= 0.6 is 0 Å². The monoisotopic (exact) mass is 441 g/mol. The molecule has 1 aliphatic rings. The molecule has 0 saturated heterocycles. The molecule has 5 heteroatoms. The van der Waals surface area contributed by atoms with Crippen molar-refractivity contribution in [1.29, 1.82) is 0 Å². The van der Waals surface area contributed by atoms with Crippen LogP contribution in [0.1, 0.15) is 37.9 Å². The summed E-state index contributed by atoms with van der Waals surface area (Å²) in [7, 11) is 0. The maximum atomic E-state index is 13.3. The van der Waals surface area contributed by atoms with Gasteiger partial charge >= 0.3 is 0 Å². The first kappa shape index (κ1) is 22.3. The molecule has 0 radical (unpaired) electrons. The zero-order chi connectivity index (χ0) is 23.8. The van der Waals surface area contributed by atoms with E-state index in [0.717, 1.165) is 11.1 Å². The molecule has 1 heterocycles. The van der Waals surface area contributed by atoms with Crippen LogP contribution in [0.15, 0.2) is 90.2 Å². The van der Waals surface area contributed by atoms with Gasteiger partial charge in [0.1, 0.15) is 11.5 Å². The maximum absolute atomic E-state index is 13.3. The summed E-state index contributed by atoms with van der Waals surface area (Å²) in [4.78, 5) is 28.0. The lowest BCUT2D eigenvalue weighted by Gasteiger charge is -2.29. The van der Waals surface area contributed by atoms with Crippen LogP contribution in [-0.2, 0) is 9.59 Å². The lowest BCUT2D eigenvalue weighted by molar-refractivity contribution is -0.123. The predicted molar refractivity (Wildman–Crippen MR) is 128 cm³/mol. The van der Waals surface area contributed by atoms with Crippen molar-refractivity contribution in [2.75, 3.05) is 4.90 Å². The molecule has 1 amide bonds. The normalized spacial score (nSPS) is 16.3. The minimum atomic E-state index is -0.755. The molecule has 3 aromatic carbocycles. The first-order valence-corrected chi connectivity index (χ1v) is 10.9. The molecular weight excluding hydrogens is 414 g/mol. The van der Waals surface area contributed by atoms with E-state index >= 15 is 0 Å². The topological polar surface area (TPSA) is 66.8 Å². The summed E-state index contributed by atoms with van der Waals surface area (Å²) in [5, 5.41) is 10.8. The van der Waals surface area contributed by atoms with Crippen LogP contribution in [0.25, 0.3) is 0 Å². The molecule has 1 atom stereocenters. The fourth-order valence-electron chi connectivity index (χ4n) is 3.96. The van der Waals surface area contributed by atoms with E-state index in [0.29, 0.717) is 17.2 Å². The summed E-state index contributed by atoms with van der Waals surface area (Å²) in [6.07, 6.45) is 0. The molecule has 5 nitrogen and oxygen atoms in total. The van der Waals surface area contributed by atoms with E-state index in [9.17, 15) is 14.7 Å². The van der Waals surface area contributed by atoms with Crippen LogP contribution in [0, 0.1) is 12.3 Å². The van der Waals surface area contributed by atoms with Crippen LogP contribution in [0.4, 0.5) is 5.69 Å². The highest BCUT2D eigenvalue weighted by Crippen LogP contribution is 2.43. The van der Waals surface area contributed by atoms with Crippen molar-refractivity contribution in [2.24, 2.45) is 5.41 Å². The standard InChI is InChI=1S/C28H27NO4/c1-18-9-8-10-19(17-18)24-23(26(31)28(2,3)4)25(30)27(32)29(24)20-13-15-22(16-14-20)33-21-11-6-5-7-12-21/h5-17,24,30H,1-4H3. The van der Waals surface area contributed by atoms with Crippen molar-refractivity contribution in [3.05, 3.63) is 101 Å². The van der Waals surface area contributed by atoms with Crippen molar-refractivity contribution in [3.8, 4) is 11.5 Å². The number of aliphatic hydroxyl groups excluding tert-OH is 1. The van der Waals surface area contributed by atoms with Gasteiger partial charge in [-0.2, -0.15) is 0 Å². The molecule has 0 fully saturated rings. The Hall–Kier alpha value is -3.86. The number of carbonyl (C=O) groups is 2. The Labute approximate surface area is 193 Å². The van der Waals surface area contributed by atoms with E-state index in [2.05, 4.69) is 0 Å². The smallest absolute Gasteiger partial charge is 0.294 e. The van der Waals surface area contributed by atoms with Gasteiger partial charge in [0, 0.05) is 11.1 Å². The van der Waals surface area contributed by atoms with Crippen molar-refractivity contribution in [3.63, 3.8) is 0 Å². The van der Waals surface area contributed by atoms with Crippen LogP contribution < -0.4 is 9.64 Å². The number of ether oxygens (including phenoxy) is 1.